The van der Waals surface area contributed by atoms with Crippen LogP contribution in [0.1, 0.15) is 5.56 Å². The second-order valence-corrected chi connectivity index (χ2v) is 4.89. The summed E-state index contributed by atoms with van der Waals surface area (Å²) < 4.78 is 14.3. The summed E-state index contributed by atoms with van der Waals surface area (Å²) in [5.41, 5.74) is 1.02. The van der Waals surface area contributed by atoms with Crippen LogP contribution in [-0.2, 0) is 0 Å². The maximum atomic E-state index is 13.4. The minimum atomic E-state index is -0.297. The Hall–Kier alpha value is -1.13. The number of nitrogens with zero attached hydrogens (tertiary/aromatic N) is 1. The first-order valence-corrected chi connectivity index (χ1v) is 6.07. The van der Waals surface area contributed by atoms with E-state index in [1.54, 1.807) is 25.3 Å². The molecule has 1 N–H and O–H groups in total. The summed E-state index contributed by atoms with van der Waals surface area (Å²) in [5.74, 6) is 0.312. The first-order valence-electron chi connectivity index (χ1n) is 4.90. The van der Waals surface area contributed by atoms with Gasteiger partial charge in [0, 0.05) is 10.7 Å². The van der Waals surface area contributed by atoms with Gasteiger partial charge in [-0.05, 0) is 52.7 Å². The minimum Gasteiger partial charge on any atom is -0.339 e. The highest BCUT2D eigenvalue weighted by Gasteiger charge is 2.06. The fourth-order valence-corrected chi connectivity index (χ4v) is 1.83. The van der Waals surface area contributed by atoms with Crippen molar-refractivity contribution >= 4 is 39.0 Å². The van der Waals surface area contributed by atoms with Gasteiger partial charge in [-0.3, -0.25) is 0 Å². The number of pyridine rings is 1. The fourth-order valence-electron chi connectivity index (χ4n) is 1.33. The highest BCUT2D eigenvalue weighted by Crippen LogP contribution is 2.27. The van der Waals surface area contributed by atoms with E-state index >= 15 is 0 Å². The lowest BCUT2D eigenvalue weighted by molar-refractivity contribution is 0.619. The normalized spacial score (nSPS) is 10.4. The third-order valence-electron chi connectivity index (χ3n) is 2.24. The summed E-state index contributed by atoms with van der Waals surface area (Å²) in [4.78, 5) is 4.13. The Morgan fingerprint density at radius 2 is 2.12 bits per heavy atom. The molecular formula is C12H9BrClFN2. The Morgan fingerprint density at radius 3 is 2.76 bits per heavy atom. The molecule has 2 nitrogen and oxygen atoms in total. The summed E-state index contributed by atoms with van der Waals surface area (Å²) >= 11 is 9.31. The van der Waals surface area contributed by atoms with Crippen LogP contribution >= 0.6 is 27.5 Å². The van der Waals surface area contributed by atoms with Gasteiger partial charge < -0.3 is 5.32 Å². The number of anilines is 2. The van der Waals surface area contributed by atoms with Gasteiger partial charge in [-0.15, -0.1) is 0 Å². The third-order valence-corrected chi connectivity index (χ3v) is 3.02. The van der Waals surface area contributed by atoms with Crippen LogP contribution in [0.15, 0.2) is 34.9 Å². The molecule has 0 atom stereocenters. The maximum Gasteiger partial charge on any atom is 0.130 e. The van der Waals surface area contributed by atoms with Crippen molar-refractivity contribution in [3.63, 3.8) is 0 Å². The quantitative estimate of drug-likeness (QED) is 0.869. The molecule has 2 aromatic rings. The molecule has 88 valence electrons. The van der Waals surface area contributed by atoms with Crippen LogP contribution < -0.4 is 5.32 Å². The lowest BCUT2D eigenvalue weighted by atomic mass is 10.2. The molecule has 0 amide bonds. The largest absolute Gasteiger partial charge is 0.339 e. The van der Waals surface area contributed by atoms with Crippen molar-refractivity contribution in [1.82, 2.24) is 4.98 Å². The van der Waals surface area contributed by atoms with E-state index in [1.807, 2.05) is 6.07 Å². The standard InChI is InChI=1S/C12H9BrClFN2/c1-7-4-9(14)11(5-10(7)15)17-12-3-2-8(13)6-16-12/h2-6H,1H3,(H,16,17). The first kappa shape index (κ1) is 12.3. The van der Waals surface area contributed by atoms with Crippen LogP contribution in [0.5, 0.6) is 0 Å². The van der Waals surface area contributed by atoms with Crippen LogP contribution in [0.25, 0.3) is 0 Å². The molecule has 5 heteroatoms. The maximum absolute atomic E-state index is 13.4. The number of aromatic nitrogens is 1. The predicted molar refractivity (Wildman–Crippen MR) is 71.4 cm³/mol. The van der Waals surface area contributed by atoms with Crippen molar-refractivity contribution < 1.29 is 4.39 Å². The third kappa shape index (κ3) is 2.96. The highest BCUT2D eigenvalue weighted by atomic mass is 79.9. The van der Waals surface area contributed by atoms with Crippen LogP contribution in [0.2, 0.25) is 5.02 Å². The number of benzene rings is 1. The molecule has 0 aliphatic rings. The molecular weight excluding hydrogens is 307 g/mol. The van der Waals surface area contributed by atoms with Crippen molar-refractivity contribution in [3.05, 3.63) is 51.3 Å². The summed E-state index contributed by atoms with van der Waals surface area (Å²) in [6, 6.07) is 6.56. The van der Waals surface area contributed by atoms with Gasteiger partial charge in [0.25, 0.3) is 0 Å². The Bertz CT molecular complexity index is 543. The second-order valence-electron chi connectivity index (χ2n) is 3.57. The van der Waals surface area contributed by atoms with Gasteiger partial charge in [-0.25, -0.2) is 9.37 Å². The van der Waals surface area contributed by atoms with Crippen LogP contribution in [0.4, 0.5) is 15.9 Å². The molecule has 0 fully saturated rings. The van der Waals surface area contributed by atoms with Gasteiger partial charge >= 0.3 is 0 Å². The van der Waals surface area contributed by atoms with Crippen molar-refractivity contribution in [1.29, 1.82) is 0 Å². The molecule has 1 aromatic carbocycles. The summed E-state index contributed by atoms with van der Waals surface area (Å²) in [5, 5.41) is 3.43. The van der Waals surface area contributed by atoms with Gasteiger partial charge in [0.2, 0.25) is 0 Å². The number of halogens is 3. The molecule has 1 aromatic heterocycles. The summed E-state index contributed by atoms with van der Waals surface area (Å²) in [6.45, 7) is 1.67. The summed E-state index contributed by atoms with van der Waals surface area (Å²) in [6.07, 6.45) is 1.65. The Balaban J connectivity index is 2.30. The molecule has 0 bridgehead atoms. The van der Waals surface area contributed by atoms with Crippen molar-refractivity contribution in [2.75, 3.05) is 5.32 Å². The average molecular weight is 316 g/mol. The molecule has 0 aliphatic heterocycles. The lowest BCUT2D eigenvalue weighted by Crippen LogP contribution is -1.95. The minimum absolute atomic E-state index is 0.297. The predicted octanol–water partition coefficient (Wildman–Crippen LogP) is 4.69. The zero-order chi connectivity index (χ0) is 12.4. The van der Waals surface area contributed by atoms with E-state index < -0.39 is 0 Å². The Labute approximate surface area is 112 Å². The molecule has 0 saturated heterocycles. The van der Waals surface area contributed by atoms with Gasteiger partial charge in [0.15, 0.2) is 0 Å². The number of rotatable bonds is 2. The molecule has 1 heterocycles. The Kier molecular flexibility index (Phi) is 3.64. The number of aryl methyl sites for hydroxylation is 1. The smallest absolute Gasteiger partial charge is 0.130 e. The number of hydrogen-bond donors (Lipinski definition) is 1. The van der Waals surface area contributed by atoms with Crippen LogP contribution in [0.3, 0.4) is 0 Å². The van der Waals surface area contributed by atoms with E-state index in [4.69, 9.17) is 11.6 Å². The van der Waals surface area contributed by atoms with E-state index in [1.165, 1.54) is 6.07 Å². The monoisotopic (exact) mass is 314 g/mol. The van der Waals surface area contributed by atoms with Crippen molar-refractivity contribution in [2.24, 2.45) is 0 Å². The van der Waals surface area contributed by atoms with Gasteiger partial charge in [-0.2, -0.15) is 0 Å². The van der Waals surface area contributed by atoms with Gasteiger partial charge in [-0.1, -0.05) is 11.6 Å². The van der Waals surface area contributed by atoms with Crippen molar-refractivity contribution in [3.8, 4) is 0 Å². The highest BCUT2D eigenvalue weighted by molar-refractivity contribution is 9.10. The van der Waals surface area contributed by atoms with Crippen LogP contribution in [-0.4, -0.2) is 4.98 Å². The van der Waals surface area contributed by atoms with Crippen LogP contribution in [0, 0.1) is 12.7 Å². The van der Waals surface area contributed by atoms with E-state index in [2.05, 4.69) is 26.2 Å². The molecule has 0 spiro atoms. The molecule has 0 radical (unpaired) electrons. The molecule has 17 heavy (non-hydrogen) atoms. The van der Waals surface area contributed by atoms with E-state index in [0.717, 1.165) is 4.47 Å². The topological polar surface area (TPSA) is 24.9 Å². The number of hydrogen-bond acceptors (Lipinski definition) is 2. The number of nitrogens with one attached hydrogen (secondary N) is 1. The SMILES string of the molecule is Cc1cc(Cl)c(Nc2ccc(Br)cn2)cc1F. The molecule has 0 unspecified atom stereocenters. The zero-order valence-corrected chi connectivity index (χ0v) is 11.3. The second kappa shape index (κ2) is 5.02. The zero-order valence-electron chi connectivity index (χ0n) is 8.97. The van der Waals surface area contributed by atoms with E-state index in [0.29, 0.717) is 22.1 Å². The molecule has 2 rings (SSSR count). The summed E-state index contributed by atoms with van der Waals surface area (Å²) in [7, 11) is 0. The van der Waals surface area contributed by atoms with E-state index in [-0.39, 0.29) is 5.82 Å². The Morgan fingerprint density at radius 1 is 1.35 bits per heavy atom. The lowest BCUT2D eigenvalue weighted by Gasteiger charge is -2.09. The van der Waals surface area contributed by atoms with Gasteiger partial charge in [0.1, 0.15) is 11.6 Å². The van der Waals surface area contributed by atoms with Gasteiger partial charge in [0.05, 0.1) is 10.7 Å². The molecule has 0 saturated carbocycles. The fraction of sp³-hybridized carbons (Fsp3) is 0.0833. The van der Waals surface area contributed by atoms with Crippen molar-refractivity contribution in [2.45, 2.75) is 6.92 Å². The first-order chi connectivity index (χ1) is 8.06. The average Bonchev–Trinajstić information content (AvgIpc) is 2.29. The van der Waals surface area contributed by atoms with E-state index in [9.17, 15) is 4.39 Å². The molecule has 0 aliphatic carbocycles.